The average molecular weight is 345 g/mol. The van der Waals surface area contributed by atoms with E-state index in [9.17, 15) is 4.79 Å². The molecule has 0 aromatic heterocycles. The van der Waals surface area contributed by atoms with Crippen molar-refractivity contribution in [2.45, 2.75) is 37.0 Å². The SMILES string of the molecule is CCCC(I)C(=O)NCCc1ccc(C)cc1. The summed E-state index contributed by atoms with van der Waals surface area (Å²) >= 11 is 2.21. The van der Waals surface area contributed by atoms with Crippen LogP contribution in [0.25, 0.3) is 0 Å². The summed E-state index contributed by atoms with van der Waals surface area (Å²) in [4.78, 5) is 11.7. The van der Waals surface area contributed by atoms with Crippen molar-refractivity contribution in [1.29, 1.82) is 0 Å². The van der Waals surface area contributed by atoms with Crippen LogP contribution in [0.15, 0.2) is 24.3 Å². The van der Waals surface area contributed by atoms with E-state index in [-0.39, 0.29) is 9.83 Å². The molecule has 1 unspecified atom stereocenters. The van der Waals surface area contributed by atoms with Gasteiger partial charge in [-0.1, -0.05) is 65.8 Å². The van der Waals surface area contributed by atoms with Crippen LogP contribution in [-0.2, 0) is 11.2 Å². The first-order valence-corrected chi connectivity index (χ1v) is 7.35. The quantitative estimate of drug-likeness (QED) is 0.622. The summed E-state index contributed by atoms with van der Waals surface area (Å²) < 4.78 is 0.107. The molecule has 1 aromatic carbocycles. The summed E-state index contributed by atoms with van der Waals surface area (Å²) in [6.07, 6.45) is 2.91. The molecule has 0 saturated carbocycles. The number of rotatable bonds is 6. The number of carbonyl (C=O) groups excluding carboxylic acids is 1. The van der Waals surface area contributed by atoms with Gasteiger partial charge in [-0.2, -0.15) is 0 Å². The van der Waals surface area contributed by atoms with Crippen LogP contribution in [0.5, 0.6) is 0 Å². The summed E-state index contributed by atoms with van der Waals surface area (Å²) in [5, 5.41) is 2.98. The fourth-order valence-electron chi connectivity index (χ4n) is 1.58. The Hall–Kier alpha value is -0.580. The molecule has 1 amide bonds. The third kappa shape index (κ3) is 5.52. The molecule has 0 fully saturated rings. The van der Waals surface area contributed by atoms with Gasteiger partial charge in [-0.15, -0.1) is 0 Å². The molecular formula is C14H20INO. The van der Waals surface area contributed by atoms with Crippen molar-refractivity contribution >= 4 is 28.5 Å². The van der Waals surface area contributed by atoms with Gasteiger partial charge in [0.25, 0.3) is 0 Å². The topological polar surface area (TPSA) is 29.1 Å². The first-order valence-electron chi connectivity index (χ1n) is 6.10. The van der Waals surface area contributed by atoms with Crippen molar-refractivity contribution in [2.24, 2.45) is 0 Å². The van der Waals surface area contributed by atoms with Crippen LogP contribution in [0.1, 0.15) is 30.9 Å². The minimum Gasteiger partial charge on any atom is -0.355 e. The van der Waals surface area contributed by atoms with E-state index in [1.807, 2.05) is 0 Å². The second kappa shape index (κ2) is 7.69. The van der Waals surface area contributed by atoms with Crippen molar-refractivity contribution in [2.75, 3.05) is 6.54 Å². The lowest BCUT2D eigenvalue weighted by molar-refractivity contribution is -0.120. The molecular weight excluding hydrogens is 325 g/mol. The number of alkyl halides is 1. The summed E-state index contributed by atoms with van der Waals surface area (Å²) in [5.41, 5.74) is 2.55. The Morgan fingerprint density at radius 1 is 1.35 bits per heavy atom. The zero-order chi connectivity index (χ0) is 12.7. The summed E-state index contributed by atoms with van der Waals surface area (Å²) in [6, 6.07) is 8.45. The van der Waals surface area contributed by atoms with Crippen molar-refractivity contribution in [1.82, 2.24) is 5.32 Å². The van der Waals surface area contributed by atoms with E-state index >= 15 is 0 Å². The highest BCUT2D eigenvalue weighted by Gasteiger charge is 2.12. The zero-order valence-corrected chi connectivity index (χ0v) is 12.7. The fourth-order valence-corrected chi connectivity index (χ4v) is 2.42. The van der Waals surface area contributed by atoms with E-state index in [1.165, 1.54) is 11.1 Å². The standard InChI is InChI=1S/C14H20INO/c1-3-4-13(15)14(17)16-10-9-12-7-5-11(2)6-8-12/h5-8,13H,3-4,9-10H2,1-2H3,(H,16,17). The molecule has 0 saturated heterocycles. The Bertz CT molecular complexity index is 348. The lowest BCUT2D eigenvalue weighted by atomic mass is 10.1. The van der Waals surface area contributed by atoms with Gasteiger partial charge in [-0.05, 0) is 25.3 Å². The van der Waals surface area contributed by atoms with Crippen molar-refractivity contribution in [3.8, 4) is 0 Å². The van der Waals surface area contributed by atoms with E-state index in [0.29, 0.717) is 0 Å². The van der Waals surface area contributed by atoms with Crippen molar-refractivity contribution < 1.29 is 4.79 Å². The normalized spacial score (nSPS) is 12.2. The number of aryl methyl sites for hydroxylation is 1. The number of nitrogens with one attached hydrogen (secondary N) is 1. The summed E-state index contributed by atoms with van der Waals surface area (Å²) in [7, 11) is 0. The number of amides is 1. The van der Waals surface area contributed by atoms with Crippen molar-refractivity contribution in [3.05, 3.63) is 35.4 Å². The third-order valence-corrected chi connectivity index (χ3v) is 3.85. The Morgan fingerprint density at radius 2 is 2.00 bits per heavy atom. The molecule has 0 heterocycles. The highest BCUT2D eigenvalue weighted by atomic mass is 127. The Morgan fingerprint density at radius 3 is 2.59 bits per heavy atom. The van der Waals surface area contributed by atoms with Crippen LogP contribution in [0, 0.1) is 6.92 Å². The summed E-state index contributed by atoms with van der Waals surface area (Å²) in [5.74, 6) is 0.166. The highest BCUT2D eigenvalue weighted by Crippen LogP contribution is 2.08. The molecule has 3 heteroatoms. The average Bonchev–Trinajstić information content (AvgIpc) is 2.32. The minimum atomic E-state index is 0.107. The van der Waals surface area contributed by atoms with Gasteiger partial charge in [0.05, 0.1) is 3.92 Å². The number of hydrogen-bond acceptors (Lipinski definition) is 1. The molecule has 0 bridgehead atoms. The number of benzene rings is 1. The number of hydrogen-bond donors (Lipinski definition) is 1. The van der Waals surface area contributed by atoms with E-state index in [0.717, 1.165) is 25.8 Å². The van der Waals surface area contributed by atoms with E-state index < -0.39 is 0 Å². The van der Waals surface area contributed by atoms with E-state index in [2.05, 4.69) is 66.0 Å². The lowest BCUT2D eigenvalue weighted by Gasteiger charge is -2.09. The monoisotopic (exact) mass is 345 g/mol. The first-order chi connectivity index (χ1) is 8.13. The predicted octanol–water partition coefficient (Wildman–Crippen LogP) is 3.26. The molecule has 0 aliphatic carbocycles. The molecule has 1 N–H and O–H groups in total. The molecule has 2 nitrogen and oxygen atoms in total. The first kappa shape index (κ1) is 14.5. The maximum atomic E-state index is 11.7. The van der Waals surface area contributed by atoms with Crippen LogP contribution in [0.4, 0.5) is 0 Å². The zero-order valence-electron chi connectivity index (χ0n) is 10.5. The fraction of sp³-hybridized carbons (Fsp3) is 0.500. The van der Waals surface area contributed by atoms with Crippen LogP contribution >= 0.6 is 22.6 Å². The third-order valence-electron chi connectivity index (χ3n) is 2.66. The molecule has 0 radical (unpaired) electrons. The van der Waals surface area contributed by atoms with E-state index in [4.69, 9.17) is 0 Å². The van der Waals surface area contributed by atoms with Gasteiger partial charge in [0.1, 0.15) is 0 Å². The molecule has 0 aliphatic heterocycles. The van der Waals surface area contributed by atoms with Crippen LogP contribution < -0.4 is 5.32 Å². The van der Waals surface area contributed by atoms with E-state index in [1.54, 1.807) is 0 Å². The van der Waals surface area contributed by atoms with Gasteiger partial charge in [-0.25, -0.2) is 0 Å². The smallest absolute Gasteiger partial charge is 0.232 e. The minimum absolute atomic E-state index is 0.107. The largest absolute Gasteiger partial charge is 0.355 e. The van der Waals surface area contributed by atoms with Gasteiger partial charge in [0, 0.05) is 6.54 Å². The molecule has 94 valence electrons. The van der Waals surface area contributed by atoms with Gasteiger partial charge >= 0.3 is 0 Å². The number of halogens is 1. The molecule has 17 heavy (non-hydrogen) atoms. The Balaban J connectivity index is 2.28. The Kier molecular flexibility index (Phi) is 6.55. The molecule has 0 spiro atoms. The molecule has 1 rings (SSSR count). The van der Waals surface area contributed by atoms with Crippen LogP contribution in [0.3, 0.4) is 0 Å². The van der Waals surface area contributed by atoms with Gasteiger partial charge < -0.3 is 5.32 Å². The number of carbonyl (C=O) groups is 1. The Labute approximate surface area is 117 Å². The van der Waals surface area contributed by atoms with Crippen molar-refractivity contribution in [3.63, 3.8) is 0 Å². The van der Waals surface area contributed by atoms with Crippen LogP contribution in [0.2, 0.25) is 0 Å². The van der Waals surface area contributed by atoms with Gasteiger partial charge in [0.2, 0.25) is 5.91 Å². The maximum absolute atomic E-state index is 11.7. The molecule has 1 atom stereocenters. The second-order valence-corrected chi connectivity index (χ2v) is 5.79. The van der Waals surface area contributed by atoms with Gasteiger partial charge in [-0.3, -0.25) is 4.79 Å². The van der Waals surface area contributed by atoms with Crippen LogP contribution in [-0.4, -0.2) is 16.4 Å². The van der Waals surface area contributed by atoms with Gasteiger partial charge in [0.15, 0.2) is 0 Å². The predicted molar refractivity (Wildman–Crippen MR) is 80.6 cm³/mol. The second-order valence-electron chi connectivity index (χ2n) is 4.28. The lowest BCUT2D eigenvalue weighted by Crippen LogP contribution is -2.32. The molecule has 1 aromatic rings. The summed E-state index contributed by atoms with van der Waals surface area (Å²) in [6.45, 7) is 4.91. The molecule has 0 aliphatic rings. The highest BCUT2D eigenvalue weighted by molar-refractivity contribution is 14.1. The maximum Gasteiger partial charge on any atom is 0.232 e.